The van der Waals surface area contributed by atoms with Gasteiger partial charge in [-0.1, -0.05) is 23.7 Å². The summed E-state index contributed by atoms with van der Waals surface area (Å²) in [4.78, 5) is 24.2. The molecule has 2 aromatic rings. The lowest BCUT2D eigenvalue weighted by atomic mass is 10.1. The lowest BCUT2D eigenvalue weighted by molar-refractivity contribution is 0.0956. The average Bonchev–Trinajstić information content (AvgIpc) is 2.55. The van der Waals surface area contributed by atoms with Crippen molar-refractivity contribution < 1.29 is 9.59 Å². The Kier molecular flexibility index (Phi) is 5.77. The molecule has 0 bridgehead atoms. The molecule has 4 nitrogen and oxygen atoms in total. The summed E-state index contributed by atoms with van der Waals surface area (Å²) in [5, 5.41) is 6.00. The first-order valence-electron chi connectivity index (χ1n) is 7.49. The van der Waals surface area contributed by atoms with E-state index in [2.05, 4.69) is 17.2 Å². The van der Waals surface area contributed by atoms with E-state index in [1.54, 1.807) is 36.4 Å². The molecular formula is C19H19ClN2O2. The van der Waals surface area contributed by atoms with E-state index in [1.165, 1.54) is 0 Å². The molecule has 2 rings (SSSR count). The molecule has 5 heteroatoms. The lowest BCUT2D eigenvalue weighted by Gasteiger charge is -2.12. The zero-order valence-corrected chi connectivity index (χ0v) is 14.4. The molecule has 124 valence electrons. The fourth-order valence-electron chi connectivity index (χ4n) is 2.30. The van der Waals surface area contributed by atoms with E-state index in [1.807, 2.05) is 19.9 Å². The van der Waals surface area contributed by atoms with Gasteiger partial charge >= 0.3 is 0 Å². The van der Waals surface area contributed by atoms with Crippen LogP contribution >= 0.6 is 11.6 Å². The smallest absolute Gasteiger partial charge is 0.255 e. The van der Waals surface area contributed by atoms with Crippen LogP contribution in [0.4, 0.5) is 5.69 Å². The Hall–Kier alpha value is -2.59. The van der Waals surface area contributed by atoms with E-state index in [0.717, 1.165) is 11.1 Å². The Morgan fingerprint density at radius 2 is 1.67 bits per heavy atom. The number of carbonyl (C=O) groups is 2. The zero-order valence-electron chi connectivity index (χ0n) is 13.7. The summed E-state index contributed by atoms with van der Waals surface area (Å²) in [7, 11) is 0. The Labute approximate surface area is 146 Å². The van der Waals surface area contributed by atoms with Crippen LogP contribution in [-0.4, -0.2) is 18.4 Å². The maximum atomic E-state index is 12.4. The van der Waals surface area contributed by atoms with Crippen molar-refractivity contribution in [2.24, 2.45) is 0 Å². The van der Waals surface area contributed by atoms with Gasteiger partial charge in [0.05, 0.1) is 10.7 Å². The quantitative estimate of drug-likeness (QED) is 0.803. The van der Waals surface area contributed by atoms with Crippen LogP contribution in [0.15, 0.2) is 49.1 Å². The Morgan fingerprint density at radius 1 is 1.08 bits per heavy atom. The minimum absolute atomic E-state index is 0.209. The summed E-state index contributed by atoms with van der Waals surface area (Å²) in [5.74, 6) is -0.485. The number of carbonyl (C=O) groups excluding carboxylic acids is 2. The van der Waals surface area contributed by atoms with Crippen molar-refractivity contribution in [3.05, 3.63) is 76.3 Å². The second-order valence-corrected chi connectivity index (χ2v) is 5.88. The standard InChI is InChI=1S/C19H19ClN2O2/c1-4-9-21-18(23)14-5-7-15(8-6-14)19(24)22-17-13(3)10-12(2)11-16(17)20/h4-8,10-11H,1,9H2,2-3H3,(H,21,23)(H,22,24). The largest absolute Gasteiger partial charge is 0.349 e. The summed E-state index contributed by atoms with van der Waals surface area (Å²) < 4.78 is 0. The topological polar surface area (TPSA) is 58.2 Å². The molecule has 0 saturated carbocycles. The number of hydrogen-bond acceptors (Lipinski definition) is 2. The first-order chi connectivity index (χ1) is 11.4. The molecule has 2 aromatic carbocycles. The van der Waals surface area contributed by atoms with Crippen LogP contribution in [0.3, 0.4) is 0 Å². The second kappa shape index (κ2) is 7.79. The molecule has 0 aliphatic heterocycles. The van der Waals surface area contributed by atoms with Gasteiger partial charge in [-0.3, -0.25) is 9.59 Å². The van der Waals surface area contributed by atoms with Crippen LogP contribution in [0.5, 0.6) is 0 Å². The fraction of sp³-hybridized carbons (Fsp3) is 0.158. The molecular weight excluding hydrogens is 324 g/mol. The molecule has 0 fully saturated rings. The molecule has 0 radical (unpaired) electrons. The molecule has 2 amide bonds. The highest BCUT2D eigenvalue weighted by atomic mass is 35.5. The maximum absolute atomic E-state index is 12.4. The van der Waals surface area contributed by atoms with E-state index in [4.69, 9.17) is 11.6 Å². The van der Waals surface area contributed by atoms with Gasteiger partial charge in [0, 0.05) is 17.7 Å². The van der Waals surface area contributed by atoms with Crippen molar-refractivity contribution in [3.8, 4) is 0 Å². The second-order valence-electron chi connectivity index (χ2n) is 5.47. The highest BCUT2D eigenvalue weighted by Crippen LogP contribution is 2.27. The van der Waals surface area contributed by atoms with E-state index < -0.39 is 0 Å². The third-order valence-electron chi connectivity index (χ3n) is 3.49. The van der Waals surface area contributed by atoms with Gasteiger partial charge in [0.15, 0.2) is 0 Å². The normalized spacial score (nSPS) is 10.1. The van der Waals surface area contributed by atoms with Gasteiger partial charge in [-0.25, -0.2) is 0 Å². The average molecular weight is 343 g/mol. The Balaban J connectivity index is 2.13. The minimum atomic E-state index is -0.276. The van der Waals surface area contributed by atoms with Gasteiger partial charge in [-0.2, -0.15) is 0 Å². The van der Waals surface area contributed by atoms with E-state index >= 15 is 0 Å². The van der Waals surface area contributed by atoms with Crippen molar-refractivity contribution in [3.63, 3.8) is 0 Å². The maximum Gasteiger partial charge on any atom is 0.255 e. The summed E-state index contributed by atoms with van der Waals surface area (Å²) in [5.41, 5.74) is 3.46. The predicted octanol–water partition coefficient (Wildman–Crippen LogP) is 4.12. The van der Waals surface area contributed by atoms with Crippen molar-refractivity contribution in [1.82, 2.24) is 5.32 Å². The van der Waals surface area contributed by atoms with Crippen molar-refractivity contribution in [2.45, 2.75) is 13.8 Å². The van der Waals surface area contributed by atoms with Crippen molar-refractivity contribution >= 4 is 29.1 Å². The monoisotopic (exact) mass is 342 g/mol. The van der Waals surface area contributed by atoms with Crippen molar-refractivity contribution in [1.29, 1.82) is 0 Å². The predicted molar refractivity (Wildman–Crippen MR) is 97.9 cm³/mol. The van der Waals surface area contributed by atoms with Gasteiger partial charge in [-0.15, -0.1) is 6.58 Å². The number of halogens is 1. The lowest BCUT2D eigenvalue weighted by Crippen LogP contribution is -2.23. The number of rotatable bonds is 5. The summed E-state index contributed by atoms with van der Waals surface area (Å²) in [6.07, 6.45) is 1.60. The number of amides is 2. The molecule has 0 heterocycles. The van der Waals surface area contributed by atoms with E-state index in [-0.39, 0.29) is 11.8 Å². The third-order valence-corrected chi connectivity index (χ3v) is 3.78. The Morgan fingerprint density at radius 3 is 2.21 bits per heavy atom. The summed E-state index contributed by atoms with van der Waals surface area (Å²) in [6, 6.07) is 10.2. The number of hydrogen-bond donors (Lipinski definition) is 2. The van der Waals surface area contributed by atoms with Crippen LogP contribution in [0, 0.1) is 13.8 Å². The molecule has 0 aliphatic rings. The SMILES string of the molecule is C=CCNC(=O)c1ccc(C(=O)Nc2c(C)cc(C)cc2Cl)cc1. The van der Waals surface area contributed by atoms with E-state index in [0.29, 0.717) is 28.4 Å². The van der Waals surface area contributed by atoms with Gasteiger partial charge in [0.25, 0.3) is 11.8 Å². The van der Waals surface area contributed by atoms with Crippen LogP contribution < -0.4 is 10.6 Å². The molecule has 2 N–H and O–H groups in total. The number of benzene rings is 2. The molecule has 0 atom stereocenters. The first-order valence-corrected chi connectivity index (χ1v) is 7.87. The zero-order chi connectivity index (χ0) is 17.7. The fourth-order valence-corrected chi connectivity index (χ4v) is 2.67. The van der Waals surface area contributed by atoms with Gasteiger partial charge in [0.2, 0.25) is 0 Å². The van der Waals surface area contributed by atoms with Crippen LogP contribution in [0.25, 0.3) is 0 Å². The van der Waals surface area contributed by atoms with E-state index in [9.17, 15) is 9.59 Å². The highest BCUT2D eigenvalue weighted by Gasteiger charge is 2.12. The molecule has 0 aromatic heterocycles. The summed E-state index contributed by atoms with van der Waals surface area (Å²) in [6.45, 7) is 7.78. The minimum Gasteiger partial charge on any atom is -0.349 e. The summed E-state index contributed by atoms with van der Waals surface area (Å²) >= 11 is 6.21. The highest BCUT2D eigenvalue weighted by molar-refractivity contribution is 6.34. The van der Waals surface area contributed by atoms with Gasteiger partial charge < -0.3 is 10.6 Å². The van der Waals surface area contributed by atoms with Gasteiger partial charge in [0.1, 0.15) is 0 Å². The molecule has 0 saturated heterocycles. The van der Waals surface area contributed by atoms with Crippen molar-refractivity contribution in [2.75, 3.05) is 11.9 Å². The van der Waals surface area contributed by atoms with Crippen LogP contribution in [-0.2, 0) is 0 Å². The number of nitrogens with one attached hydrogen (secondary N) is 2. The molecule has 0 unspecified atom stereocenters. The molecule has 0 aliphatic carbocycles. The number of anilines is 1. The van der Waals surface area contributed by atoms with Crippen LogP contribution in [0.2, 0.25) is 5.02 Å². The third kappa shape index (κ3) is 4.24. The molecule has 24 heavy (non-hydrogen) atoms. The van der Waals surface area contributed by atoms with Gasteiger partial charge in [-0.05, 0) is 55.3 Å². The first kappa shape index (κ1) is 17.8. The molecule has 0 spiro atoms. The van der Waals surface area contributed by atoms with Crippen LogP contribution in [0.1, 0.15) is 31.8 Å². The number of aryl methyl sites for hydroxylation is 2. The Bertz CT molecular complexity index is 759.